The molecule has 0 fully saturated rings. The molecule has 3 rings (SSSR count). The van der Waals surface area contributed by atoms with Crippen molar-refractivity contribution < 1.29 is 19.0 Å². The van der Waals surface area contributed by atoms with E-state index in [9.17, 15) is 4.79 Å². The lowest BCUT2D eigenvalue weighted by Crippen LogP contribution is -2.34. The number of thioether (sulfide) groups is 1. The molecule has 1 atom stereocenters. The van der Waals surface area contributed by atoms with Gasteiger partial charge in [-0.3, -0.25) is 0 Å². The predicted octanol–water partition coefficient (Wildman–Crippen LogP) is 4.13. The van der Waals surface area contributed by atoms with E-state index < -0.39 is 12.0 Å². The van der Waals surface area contributed by atoms with Crippen LogP contribution in [0.5, 0.6) is 11.5 Å². The highest BCUT2D eigenvalue weighted by molar-refractivity contribution is 8.16. The summed E-state index contributed by atoms with van der Waals surface area (Å²) >= 11 is 8.04. The number of esters is 1. The van der Waals surface area contributed by atoms with Crippen LogP contribution in [0.1, 0.15) is 25.5 Å². The van der Waals surface area contributed by atoms with Crippen molar-refractivity contribution >= 4 is 34.5 Å². The van der Waals surface area contributed by atoms with Gasteiger partial charge in [-0.1, -0.05) is 23.4 Å². The molecule has 26 heavy (non-hydrogen) atoms. The Morgan fingerprint density at radius 1 is 1.31 bits per heavy atom. The Morgan fingerprint density at radius 3 is 2.65 bits per heavy atom. The number of hydrogen-bond donors (Lipinski definition) is 0. The first kappa shape index (κ1) is 18.7. The Morgan fingerprint density at radius 2 is 2.00 bits per heavy atom. The van der Waals surface area contributed by atoms with Gasteiger partial charge in [0.2, 0.25) is 0 Å². The normalized spacial score (nSPS) is 18.6. The van der Waals surface area contributed by atoms with Crippen LogP contribution in [0.25, 0.3) is 0 Å². The highest BCUT2D eigenvalue weighted by Gasteiger charge is 2.38. The second-order valence-electron chi connectivity index (χ2n) is 5.56. The molecular formula is C18H19ClN2O4S. The van der Waals surface area contributed by atoms with Crippen LogP contribution in [0, 0.1) is 0 Å². The van der Waals surface area contributed by atoms with Gasteiger partial charge in [0.25, 0.3) is 0 Å². The van der Waals surface area contributed by atoms with Crippen molar-refractivity contribution in [2.24, 2.45) is 4.99 Å². The first-order valence-electron chi connectivity index (χ1n) is 8.01. The van der Waals surface area contributed by atoms with Gasteiger partial charge < -0.3 is 19.1 Å². The van der Waals surface area contributed by atoms with Gasteiger partial charge in [-0.15, -0.1) is 0 Å². The molecule has 0 saturated heterocycles. The van der Waals surface area contributed by atoms with Gasteiger partial charge in [0.1, 0.15) is 0 Å². The summed E-state index contributed by atoms with van der Waals surface area (Å²) in [6, 6.07) is 3.02. The number of nitrogens with zero attached hydrogens (tertiary/aromatic N) is 2. The molecule has 6 nitrogen and oxygen atoms in total. The number of aliphatic imine (C=N–C) groups is 1. The van der Waals surface area contributed by atoms with Gasteiger partial charge in [0, 0.05) is 17.8 Å². The molecule has 0 amide bonds. The zero-order valence-corrected chi connectivity index (χ0v) is 16.5. The Balaban J connectivity index is 2.18. The summed E-state index contributed by atoms with van der Waals surface area (Å²) in [6.45, 7) is 3.86. The van der Waals surface area contributed by atoms with Crippen LogP contribution in [-0.2, 0) is 9.53 Å². The first-order chi connectivity index (χ1) is 12.5. The van der Waals surface area contributed by atoms with Crippen LogP contribution >= 0.6 is 23.4 Å². The van der Waals surface area contributed by atoms with Crippen molar-refractivity contribution in [3.05, 3.63) is 45.6 Å². The summed E-state index contributed by atoms with van der Waals surface area (Å²) < 4.78 is 16.0. The average Bonchev–Trinajstić information content (AvgIpc) is 3.08. The summed E-state index contributed by atoms with van der Waals surface area (Å²) in [5, 5.41) is 3.17. The van der Waals surface area contributed by atoms with E-state index in [0.717, 1.165) is 5.17 Å². The van der Waals surface area contributed by atoms with Crippen LogP contribution in [0.15, 0.2) is 40.0 Å². The molecule has 0 aromatic heterocycles. The molecule has 0 aliphatic carbocycles. The van der Waals surface area contributed by atoms with E-state index in [1.54, 1.807) is 40.2 Å². The number of hydrogen-bond acceptors (Lipinski definition) is 7. The van der Waals surface area contributed by atoms with Gasteiger partial charge in [0.05, 0.1) is 43.2 Å². The monoisotopic (exact) mass is 394 g/mol. The third-order valence-electron chi connectivity index (χ3n) is 4.11. The maximum Gasteiger partial charge on any atom is 0.338 e. The molecule has 8 heteroatoms. The number of rotatable bonds is 5. The maximum absolute atomic E-state index is 12.7. The molecule has 0 bridgehead atoms. The molecule has 0 saturated carbocycles. The first-order valence-corrected chi connectivity index (χ1v) is 9.27. The van der Waals surface area contributed by atoms with E-state index >= 15 is 0 Å². The molecular weight excluding hydrogens is 376 g/mol. The molecule has 0 N–H and O–H groups in total. The number of carbonyl (C=O) groups excluding carboxylic acids is 1. The lowest BCUT2D eigenvalue weighted by molar-refractivity contribution is -0.139. The summed E-state index contributed by atoms with van der Waals surface area (Å²) in [6.07, 6.45) is 1.88. The van der Waals surface area contributed by atoms with E-state index in [0.29, 0.717) is 33.4 Å². The third-order valence-corrected chi connectivity index (χ3v) is 5.21. The van der Waals surface area contributed by atoms with Crippen LogP contribution in [0.2, 0.25) is 5.02 Å². The quantitative estimate of drug-likeness (QED) is 0.700. The topological polar surface area (TPSA) is 60.4 Å². The summed E-state index contributed by atoms with van der Waals surface area (Å²) in [7, 11) is 3.11. The van der Waals surface area contributed by atoms with Crippen LogP contribution in [0.4, 0.5) is 0 Å². The van der Waals surface area contributed by atoms with Gasteiger partial charge in [0.15, 0.2) is 16.7 Å². The van der Waals surface area contributed by atoms with E-state index in [1.807, 2.05) is 16.5 Å². The van der Waals surface area contributed by atoms with E-state index in [4.69, 9.17) is 25.8 Å². The summed E-state index contributed by atoms with van der Waals surface area (Å²) in [5.74, 6) is 0.650. The standard InChI is InChI=1S/C18H19ClN2O4S/c1-5-25-17(22)15-10(2)20-18-21(6-7-26-18)16(15)11-8-13(23-3)14(24-4)9-12(11)19/h6-9,16H,5H2,1-4H3/t16-/m1/s1. The molecule has 0 radical (unpaired) electrons. The van der Waals surface area contributed by atoms with Crippen molar-refractivity contribution in [2.75, 3.05) is 20.8 Å². The minimum Gasteiger partial charge on any atom is -0.493 e. The highest BCUT2D eigenvalue weighted by Crippen LogP contribution is 2.45. The van der Waals surface area contributed by atoms with Gasteiger partial charge >= 0.3 is 5.97 Å². The van der Waals surface area contributed by atoms with Crippen molar-refractivity contribution in [3.8, 4) is 11.5 Å². The van der Waals surface area contributed by atoms with Crippen molar-refractivity contribution in [1.82, 2.24) is 4.90 Å². The van der Waals surface area contributed by atoms with E-state index in [-0.39, 0.29) is 6.61 Å². The number of fused-ring (bicyclic) bond motifs is 1. The lowest BCUT2D eigenvalue weighted by atomic mass is 9.94. The number of halogens is 1. The minimum atomic E-state index is -0.458. The summed E-state index contributed by atoms with van der Waals surface area (Å²) in [5.41, 5.74) is 1.78. The zero-order chi connectivity index (χ0) is 18.8. The van der Waals surface area contributed by atoms with Crippen molar-refractivity contribution in [3.63, 3.8) is 0 Å². The molecule has 0 spiro atoms. The fourth-order valence-corrected chi connectivity index (χ4v) is 4.00. The molecule has 1 aromatic carbocycles. The number of amidine groups is 1. The summed E-state index contributed by atoms with van der Waals surface area (Å²) in [4.78, 5) is 19.1. The molecule has 1 aromatic rings. The zero-order valence-electron chi connectivity index (χ0n) is 14.9. The van der Waals surface area contributed by atoms with Gasteiger partial charge in [-0.25, -0.2) is 9.79 Å². The Hall–Kier alpha value is -2.12. The highest BCUT2D eigenvalue weighted by atomic mass is 35.5. The number of methoxy groups -OCH3 is 2. The SMILES string of the molecule is CCOC(=O)C1=C(C)N=C2SC=CN2[C@@H]1c1cc(OC)c(OC)cc1Cl. The number of ether oxygens (including phenoxy) is 3. The van der Waals surface area contributed by atoms with Gasteiger partial charge in [-0.05, 0) is 25.3 Å². The maximum atomic E-state index is 12.7. The Bertz CT molecular complexity index is 835. The van der Waals surface area contributed by atoms with Crippen molar-refractivity contribution in [2.45, 2.75) is 19.9 Å². The second-order valence-corrected chi connectivity index (χ2v) is 6.84. The van der Waals surface area contributed by atoms with Crippen molar-refractivity contribution in [1.29, 1.82) is 0 Å². The smallest absolute Gasteiger partial charge is 0.338 e. The fourth-order valence-electron chi connectivity index (χ4n) is 2.96. The van der Waals surface area contributed by atoms with Crippen LogP contribution < -0.4 is 9.47 Å². The molecule has 138 valence electrons. The van der Waals surface area contributed by atoms with E-state index in [2.05, 4.69) is 4.99 Å². The molecule has 2 heterocycles. The minimum absolute atomic E-state index is 0.281. The number of benzene rings is 1. The predicted molar refractivity (Wildman–Crippen MR) is 103 cm³/mol. The molecule has 2 aliphatic heterocycles. The molecule has 2 aliphatic rings. The second kappa shape index (κ2) is 7.63. The largest absolute Gasteiger partial charge is 0.493 e. The van der Waals surface area contributed by atoms with E-state index in [1.165, 1.54) is 11.8 Å². The lowest BCUT2D eigenvalue weighted by Gasteiger charge is -2.34. The Kier molecular flexibility index (Phi) is 5.48. The van der Waals surface area contributed by atoms with Crippen LogP contribution in [0.3, 0.4) is 0 Å². The third kappa shape index (κ3) is 3.17. The van der Waals surface area contributed by atoms with Gasteiger partial charge in [-0.2, -0.15) is 0 Å². The average molecular weight is 395 g/mol. The molecule has 0 unspecified atom stereocenters. The fraction of sp³-hybridized carbons (Fsp3) is 0.333. The Labute approximate surface area is 161 Å². The van der Waals surface area contributed by atoms with Crippen LogP contribution in [-0.4, -0.2) is 36.9 Å². The number of allylic oxidation sites excluding steroid dienone is 1. The number of carbonyl (C=O) groups is 1.